The first-order chi connectivity index (χ1) is 6.16. The molecule has 0 bridgehead atoms. The Hall–Kier alpha value is -0.450. The van der Waals surface area contributed by atoms with Crippen molar-refractivity contribution in [3.05, 3.63) is 0 Å². The van der Waals surface area contributed by atoms with Crippen LogP contribution in [0.4, 0.5) is 13.2 Å². The zero-order chi connectivity index (χ0) is 11.4. The van der Waals surface area contributed by atoms with Gasteiger partial charge in [0.25, 0.3) is 0 Å². The summed E-state index contributed by atoms with van der Waals surface area (Å²) in [7, 11) is 0. The van der Waals surface area contributed by atoms with Gasteiger partial charge in [-0.05, 0) is 5.41 Å². The molecule has 0 saturated heterocycles. The van der Waals surface area contributed by atoms with E-state index < -0.39 is 18.5 Å². The van der Waals surface area contributed by atoms with Crippen molar-refractivity contribution in [3.63, 3.8) is 0 Å². The zero-order valence-electron chi connectivity index (χ0n) is 8.04. The highest BCUT2D eigenvalue weighted by molar-refractivity contribution is 6.18. The van der Waals surface area contributed by atoms with E-state index in [2.05, 4.69) is 5.32 Å². The van der Waals surface area contributed by atoms with E-state index in [9.17, 15) is 18.0 Å². The fraction of sp³-hybridized carbons (Fsp3) is 0.875. The Morgan fingerprint density at radius 2 is 1.86 bits per heavy atom. The first-order valence-electron chi connectivity index (χ1n) is 4.06. The number of carbonyl (C=O) groups excluding carboxylic acids is 1. The van der Waals surface area contributed by atoms with E-state index in [0.717, 1.165) is 0 Å². The van der Waals surface area contributed by atoms with E-state index in [1.807, 2.05) is 0 Å². The van der Waals surface area contributed by atoms with Gasteiger partial charge in [-0.15, -0.1) is 11.6 Å². The normalized spacial score (nSPS) is 12.7. The van der Waals surface area contributed by atoms with Gasteiger partial charge in [-0.25, -0.2) is 0 Å². The van der Waals surface area contributed by atoms with E-state index in [-0.39, 0.29) is 17.8 Å². The Morgan fingerprint density at radius 1 is 1.36 bits per heavy atom. The van der Waals surface area contributed by atoms with Gasteiger partial charge in [0.15, 0.2) is 0 Å². The monoisotopic (exact) mass is 231 g/mol. The lowest BCUT2D eigenvalue weighted by atomic mass is 9.96. The van der Waals surface area contributed by atoms with Crippen molar-refractivity contribution in [2.24, 2.45) is 5.41 Å². The van der Waals surface area contributed by atoms with E-state index in [1.54, 1.807) is 13.8 Å². The third-order valence-corrected chi connectivity index (χ3v) is 2.21. The van der Waals surface area contributed by atoms with Gasteiger partial charge in [0.2, 0.25) is 5.91 Å². The molecule has 0 fully saturated rings. The molecule has 0 aliphatic heterocycles. The average molecular weight is 232 g/mol. The van der Waals surface area contributed by atoms with Gasteiger partial charge < -0.3 is 5.32 Å². The van der Waals surface area contributed by atoms with Crippen LogP contribution >= 0.6 is 11.6 Å². The molecular formula is C8H13ClF3NO. The molecule has 84 valence electrons. The molecule has 0 aliphatic rings. The van der Waals surface area contributed by atoms with Crippen LogP contribution in [0.1, 0.15) is 20.3 Å². The van der Waals surface area contributed by atoms with Crippen molar-refractivity contribution in [1.82, 2.24) is 5.32 Å². The van der Waals surface area contributed by atoms with Gasteiger partial charge in [-0.3, -0.25) is 4.79 Å². The smallest absolute Gasteiger partial charge is 0.355 e. The molecule has 0 atom stereocenters. The van der Waals surface area contributed by atoms with Crippen LogP contribution in [0.5, 0.6) is 0 Å². The van der Waals surface area contributed by atoms with Crippen molar-refractivity contribution in [2.45, 2.75) is 26.4 Å². The van der Waals surface area contributed by atoms with E-state index in [0.29, 0.717) is 0 Å². The predicted molar refractivity (Wildman–Crippen MR) is 48.2 cm³/mol. The van der Waals surface area contributed by atoms with Crippen molar-refractivity contribution in [1.29, 1.82) is 0 Å². The Kier molecular flexibility index (Phi) is 4.71. The quantitative estimate of drug-likeness (QED) is 0.740. The maximum atomic E-state index is 11.7. The fourth-order valence-electron chi connectivity index (χ4n) is 0.630. The molecule has 0 saturated carbocycles. The Morgan fingerprint density at radius 3 is 2.21 bits per heavy atom. The number of hydrogen-bond donors (Lipinski definition) is 1. The van der Waals surface area contributed by atoms with E-state index in [4.69, 9.17) is 11.6 Å². The summed E-state index contributed by atoms with van der Waals surface area (Å²) in [4.78, 5) is 10.7. The Balaban J connectivity index is 3.87. The average Bonchev–Trinajstić information content (AvgIpc) is 1.98. The number of nitrogens with one attached hydrogen (secondary N) is 1. The minimum Gasteiger partial charge on any atom is -0.355 e. The van der Waals surface area contributed by atoms with Crippen LogP contribution < -0.4 is 5.32 Å². The van der Waals surface area contributed by atoms with Crippen molar-refractivity contribution < 1.29 is 18.0 Å². The van der Waals surface area contributed by atoms with Crippen LogP contribution in [-0.2, 0) is 4.79 Å². The van der Waals surface area contributed by atoms with Crippen molar-refractivity contribution >= 4 is 17.5 Å². The number of halogens is 4. The molecule has 0 rings (SSSR count). The van der Waals surface area contributed by atoms with Gasteiger partial charge in [0.05, 0.1) is 0 Å². The second-order valence-electron chi connectivity index (χ2n) is 3.87. The Labute approximate surface area is 85.8 Å². The molecule has 2 nitrogen and oxygen atoms in total. The largest absolute Gasteiger partial charge is 0.397 e. The van der Waals surface area contributed by atoms with Gasteiger partial charge >= 0.3 is 6.18 Å². The molecule has 6 heteroatoms. The van der Waals surface area contributed by atoms with Crippen molar-refractivity contribution in [3.8, 4) is 0 Å². The third-order valence-electron chi connectivity index (χ3n) is 1.49. The highest BCUT2D eigenvalue weighted by Gasteiger charge is 2.31. The third kappa shape index (κ3) is 7.00. The summed E-state index contributed by atoms with van der Waals surface area (Å²) in [5.41, 5.74) is -0.386. The highest BCUT2D eigenvalue weighted by Crippen LogP contribution is 2.20. The molecule has 0 radical (unpaired) electrons. The van der Waals surface area contributed by atoms with Gasteiger partial charge in [0.1, 0.15) is 6.42 Å². The first-order valence-corrected chi connectivity index (χ1v) is 4.59. The number of amides is 1. The zero-order valence-corrected chi connectivity index (χ0v) is 8.80. The maximum Gasteiger partial charge on any atom is 0.397 e. The minimum atomic E-state index is -4.45. The molecule has 1 amide bonds. The lowest BCUT2D eigenvalue weighted by Crippen LogP contribution is -2.36. The van der Waals surface area contributed by atoms with Crippen LogP contribution in [0.3, 0.4) is 0 Å². The maximum absolute atomic E-state index is 11.7. The highest BCUT2D eigenvalue weighted by atomic mass is 35.5. The molecule has 1 N–H and O–H groups in total. The fourth-order valence-corrected chi connectivity index (χ4v) is 0.724. The van der Waals surface area contributed by atoms with Crippen LogP contribution in [0.15, 0.2) is 0 Å². The lowest BCUT2D eigenvalue weighted by molar-refractivity contribution is -0.154. The molecule has 0 spiro atoms. The number of hydrogen-bond acceptors (Lipinski definition) is 1. The minimum absolute atomic E-state index is 0.144. The molecular weight excluding hydrogens is 219 g/mol. The van der Waals surface area contributed by atoms with E-state index >= 15 is 0 Å². The Bertz CT molecular complexity index is 203. The molecule has 0 aromatic carbocycles. The summed E-state index contributed by atoms with van der Waals surface area (Å²) in [5, 5.41) is 2.19. The number of rotatable bonds is 4. The first kappa shape index (κ1) is 13.5. The van der Waals surface area contributed by atoms with Gasteiger partial charge in [-0.2, -0.15) is 13.2 Å². The molecule has 14 heavy (non-hydrogen) atoms. The summed E-state index contributed by atoms with van der Waals surface area (Å²) >= 11 is 5.54. The summed E-state index contributed by atoms with van der Waals surface area (Å²) < 4.78 is 35.2. The van der Waals surface area contributed by atoms with Crippen LogP contribution in [0.25, 0.3) is 0 Å². The molecule has 0 aromatic rings. The van der Waals surface area contributed by atoms with Crippen molar-refractivity contribution in [2.75, 3.05) is 12.4 Å². The topological polar surface area (TPSA) is 29.1 Å². The number of carbonyl (C=O) groups is 1. The molecule has 0 aliphatic carbocycles. The molecule has 0 unspecified atom stereocenters. The summed E-state index contributed by atoms with van der Waals surface area (Å²) in [6, 6.07) is 0. The second-order valence-corrected chi connectivity index (χ2v) is 4.13. The second kappa shape index (κ2) is 4.87. The van der Waals surface area contributed by atoms with Crippen LogP contribution in [-0.4, -0.2) is 24.5 Å². The molecule has 0 aromatic heterocycles. The van der Waals surface area contributed by atoms with E-state index in [1.165, 1.54) is 0 Å². The molecule has 0 heterocycles. The van der Waals surface area contributed by atoms with Gasteiger partial charge in [-0.1, -0.05) is 13.8 Å². The SMILES string of the molecule is CC(C)(CCl)CNC(=O)CC(F)(F)F. The lowest BCUT2D eigenvalue weighted by Gasteiger charge is -2.21. The number of alkyl halides is 4. The summed E-state index contributed by atoms with van der Waals surface area (Å²) in [5.74, 6) is -0.741. The van der Waals surface area contributed by atoms with Gasteiger partial charge in [0, 0.05) is 12.4 Å². The summed E-state index contributed by atoms with van der Waals surface area (Å²) in [6.45, 7) is 3.66. The van der Waals surface area contributed by atoms with Crippen LogP contribution in [0.2, 0.25) is 0 Å². The standard InChI is InChI=1S/C8H13ClF3NO/c1-7(2,4-9)5-13-6(14)3-8(10,11)12/h3-5H2,1-2H3,(H,13,14). The summed E-state index contributed by atoms with van der Waals surface area (Å²) in [6.07, 6.45) is -5.89. The predicted octanol–water partition coefficient (Wildman–Crippen LogP) is 2.32. The van der Waals surface area contributed by atoms with Crippen LogP contribution in [0, 0.1) is 5.41 Å².